The van der Waals surface area contributed by atoms with E-state index in [0.29, 0.717) is 32.2 Å². The number of fused-ring (bicyclic) bond motifs is 1. The van der Waals surface area contributed by atoms with Gasteiger partial charge in [-0.15, -0.1) is 0 Å². The molecule has 3 atom stereocenters. The maximum atomic E-state index is 13.8. The lowest BCUT2D eigenvalue weighted by molar-refractivity contribution is -0.152. The van der Waals surface area contributed by atoms with Crippen LogP contribution in [0.15, 0.2) is 24.3 Å². The van der Waals surface area contributed by atoms with Crippen LogP contribution in [-0.2, 0) is 31.9 Å². The predicted octanol–water partition coefficient (Wildman–Crippen LogP) is 2.39. The van der Waals surface area contributed by atoms with Crippen LogP contribution in [0, 0.1) is 11.8 Å². The number of rotatable bonds is 9. The standard InChI is InChI=1S/C27H40N4O6/c1-16(2)21(15-37-27(35)28-17(3)4)29-26(34)30-23(20-13-18-9-6-7-10-19(18)14-20)24(32)31-12-8-11-22(31)25(33)36-5/h6-7,9-10,16-17,20-23H,8,11-15H2,1-5H3,(H,28,35)(H2,29,30,34)/t21-,22+,23+/m1/s1. The summed E-state index contributed by atoms with van der Waals surface area (Å²) in [6, 6.07) is 5.50. The fourth-order valence-electron chi connectivity index (χ4n) is 4.99. The first-order valence-electron chi connectivity index (χ1n) is 13.1. The quantitative estimate of drug-likeness (QED) is 0.433. The van der Waals surface area contributed by atoms with Crippen LogP contribution >= 0.6 is 0 Å². The molecule has 3 rings (SSSR count). The number of carbonyl (C=O) groups excluding carboxylic acids is 4. The molecule has 1 aromatic carbocycles. The van der Waals surface area contributed by atoms with Crippen molar-refractivity contribution in [2.45, 2.75) is 77.5 Å². The Kier molecular flexibility index (Phi) is 9.77. The molecule has 0 radical (unpaired) electrons. The molecule has 1 heterocycles. The average Bonchev–Trinajstić information content (AvgIpc) is 3.51. The monoisotopic (exact) mass is 516 g/mol. The van der Waals surface area contributed by atoms with Crippen LogP contribution in [0.5, 0.6) is 0 Å². The summed E-state index contributed by atoms with van der Waals surface area (Å²) in [6.07, 6.45) is 1.97. The second-order valence-corrected chi connectivity index (χ2v) is 10.5. The molecule has 2 aliphatic rings. The topological polar surface area (TPSA) is 126 Å². The molecule has 0 bridgehead atoms. The Hall–Kier alpha value is -3.30. The maximum absolute atomic E-state index is 13.8. The van der Waals surface area contributed by atoms with Crippen LogP contribution in [-0.4, -0.2) is 73.3 Å². The lowest BCUT2D eigenvalue weighted by Crippen LogP contribution is -2.58. The van der Waals surface area contributed by atoms with Gasteiger partial charge in [0.2, 0.25) is 5.91 Å². The highest BCUT2D eigenvalue weighted by Gasteiger charge is 2.42. The third-order valence-electron chi connectivity index (χ3n) is 7.04. The highest BCUT2D eigenvalue weighted by molar-refractivity contribution is 5.91. The molecule has 1 aliphatic carbocycles. The van der Waals surface area contributed by atoms with Gasteiger partial charge >= 0.3 is 18.1 Å². The second-order valence-electron chi connectivity index (χ2n) is 10.5. The zero-order chi connectivity index (χ0) is 27.1. The van der Waals surface area contributed by atoms with E-state index in [-0.39, 0.29) is 30.4 Å². The van der Waals surface area contributed by atoms with Crippen molar-refractivity contribution in [1.29, 1.82) is 0 Å². The number of alkyl carbamates (subject to hydrolysis) is 1. The minimum Gasteiger partial charge on any atom is -0.467 e. The number of benzene rings is 1. The normalized spacial score (nSPS) is 18.8. The van der Waals surface area contributed by atoms with E-state index in [1.165, 1.54) is 7.11 Å². The third-order valence-corrected chi connectivity index (χ3v) is 7.04. The third kappa shape index (κ3) is 7.36. The van der Waals surface area contributed by atoms with E-state index < -0.39 is 36.2 Å². The zero-order valence-corrected chi connectivity index (χ0v) is 22.4. The van der Waals surface area contributed by atoms with Gasteiger partial charge in [0.1, 0.15) is 18.7 Å². The van der Waals surface area contributed by atoms with Gasteiger partial charge in [-0.3, -0.25) is 4.79 Å². The number of likely N-dealkylation sites (tertiary alicyclic amines) is 1. The van der Waals surface area contributed by atoms with Crippen LogP contribution < -0.4 is 16.0 Å². The number of ether oxygens (including phenoxy) is 2. The van der Waals surface area contributed by atoms with E-state index >= 15 is 0 Å². The second kappa shape index (κ2) is 12.8. The zero-order valence-electron chi connectivity index (χ0n) is 22.4. The van der Waals surface area contributed by atoms with Gasteiger partial charge in [0.05, 0.1) is 13.2 Å². The van der Waals surface area contributed by atoms with Crippen molar-refractivity contribution in [3.63, 3.8) is 0 Å². The summed E-state index contributed by atoms with van der Waals surface area (Å²) in [5, 5.41) is 8.43. The molecule has 10 nitrogen and oxygen atoms in total. The molecule has 37 heavy (non-hydrogen) atoms. The lowest BCUT2D eigenvalue weighted by atomic mass is 9.95. The minimum absolute atomic E-state index is 0.00629. The molecular formula is C27H40N4O6. The van der Waals surface area contributed by atoms with Crippen LogP contribution in [0.4, 0.5) is 9.59 Å². The van der Waals surface area contributed by atoms with E-state index in [9.17, 15) is 19.2 Å². The van der Waals surface area contributed by atoms with Gasteiger partial charge in [-0.1, -0.05) is 38.1 Å². The SMILES string of the molecule is COC(=O)[C@@H]1CCCN1C(=O)[C@@H](NC(=O)N[C@H](COC(=O)NC(C)C)C(C)C)C1Cc2ccccc2C1. The van der Waals surface area contributed by atoms with Crippen molar-refractivity contribution in [2.75, 3.05) is 20.3 Å². The number of esters is 1. The molecule has 3 N–H and O–H groups in total. The number of amides is 4. The van der Waals surface area contributed by atoms with Crippen LogP contribution in [0.1, 0.15) is 51.7 Å². The first kappa shape index (κ1) is 28.3. The molecule has 1 saturated heterocycles. The van der Waals surface area contributed by atoms with Gasteiger partial charge in [-0.25, -0.2) is 14.4 Å². The number of carbonyl (C=O) groups is 4. The van der Waals surface area contributed by atoms with Gasteiger partial charge in [0.15, 0.2) is 0 Å². The first-order valence-corrected chi connectivity index (χ1v) is 13.1. The Morgan fingerprint density at radius 1 is 1.00 bits per heavy atom. The van der Waals surface area contributed by atoms with Crippen molar-refractivity contribution < 1.29 is 28.7 Å². The smallest absolute Gasteiger partial charge is 0.407 e. The number of methoxy groups -OCH3 is 1. The number of hydrogen-bond acceptors (Lipinski definition) is 6. The molecule has 10 heteroatoms. The van der Waals surface area contributed by atoms with Crippen molar-refractivity contribution in [2.24, 2.45) is 11.8 Å². The molecule has 1 aromatic rings. The summed E-state index contributed by atoms with van der Waals surface area (Å²) in [6.45, 7) is 7.91. The Balaban J connectivity index is 1.73. The summed E-state index contributed by atoms with van der Waals surface area (Å²) in [5.74, 6) is -0.903. The molecule has 0 saturated carbocycles. The summed E-state index contributed by atoms with van der Waals surface area (Å²) >= 11 is 0. The highest BCUT2D eigenvalue weighted by Crippen LogP contribution is 2.31. The van der Waals surface area contributed by atoms with Gasteiger partial charge in [-0.2, -0.15) is 0 Å². The Morgan fingerprint density at radius 3 is 2.22 bits per heavy atom. The molecule has 1 aliphatic heterocycles. The van der Waals surface area contributed by atoms with Crippen molar-refractivity contribution in [1.82, 2.24) is 20.9 Å². The van der Waals surface area contributed by atoms with Crippen LogP contribution in [0.3, 0.4) is 0 Å². The highest BCUT2D eigenvalue weighted by atomic mass is 16.5. The van der Waals surface area contributed by atoms with E-state index in [0.717, 1.165) is 11.1 Å². The molecule has 4 amide bonds. The van der Waals surface area contributed by atoms with Crippen molar-refractivity contribution >= 4 is 24.0 Å². The first-order chi connectivity index (χ1) is 17.6. The molecule has 0 spiro atoms. The number of nitrogens with zero attached hydrogens (tertiary/aromatic N) is 1. The van der Waals surface area contributed by atoms with E-state index in [1.807, 2.05) is 52.0 Å². The summed E-state index contributed by atoms with van der Waals surface area (Å²) in [4.78, 5) is 52.7. The number of urea groups is 1. The average molecular weight is 517 g/mol. The summed E-state index contributed by atoms with van der Waals surface area (Å²) < 4.78 is 10.2. The van der Waals surface area contributed by atoms with Crippen LogP contribution in [0.25, 0.3) is 0 Å². The number of nitrogens with one attached hydrogen (secondary N) is 3. The Bertz CT molecular complexity index is 956. The van der Waals surface area contributed by atoms with Crippen molar-refractivity contribution in [3.8, 4) is 0 Å². The minimum atomic E-state index is -0.823. The van der Waals surface area contributed by atoms with E-state index in [1.54, 1.807) is 4.90 Å². The van der Waals surface area contributed by atoms with E-state index in [4.69, 9.17) is 9.47 Å². The van der Waals surface area contributed by atoms with Crippen molar-refractivity contribution in [3.05, 3.63) is 35.4 Å². The fraction of sp³-hybridized carbons (Fsp3) is 0.630. The molecule has 0 aromatic heterocycles. The Morgan fingerprint density at radius 2 is 1.65 bits per heavy atom. The lowest BCUT2D eigenvalue weighted by Gasteiger charge is -2.32. The number of hydrogen-bond donors (Lipinski definition) is 3. The molecular weight excluding hydrogens is 476 g/mol. The largest absolute Gasteiger partial charge is 0.467 e. The summed E-state index contributed by atoms with van der Waals surface area (Å²) in [5.41, 5.74) is 2.31. The van der Waals surface area contributed by atoms with Gasteiger partial charge in [0.25, 0.3) is 0 Å². The summed E-state index contributed by atoms with van der Waals surface area (Å²) in [7, 11) is 1.32. The Labute approximate surface area is 218 Å². The van der Waals surface area contributed by atoms with Crippen LogP contribution in [0.2, 0.25) is 0 Å². The predicted molar refractivity (Wildman–Crippen MR) is 138 cm³/mol. The fourth-order valence-corrected chi connectivity index (χ4v) is 4.99. The molecule has 204 valence electrons. The van der Waals surface area contributed by atoms with Gasteiger partial charge < -0.3 is 30.3 Å². The van der Waals surface area contributed by atoms with E-state index in [2.05, 4.69) is 16.0 Å². The maximum Gasteiger partial charge on any atom is 0.407 e. The molecule has 1 fully saturated rings. The van der Waals surface area contributed by atoms with Gasteiger partial charge in [0, 0.05) is 12.6 Å². The van der Waals surface area contributed by atoms with Gasteiger partial charge in [-0.05, 0) is 62.5 Å². The molecule has 0 unspecified atom stereocenters.